The van der Waals surface area contributed by atoms with Gasteiger partial charge in [-0.1, -0.05) is 115 Å². The Hall–Kier alpha value is -5.84. The number of hydrogen-bond acceptors (Lipinski definition) is 4. The average Bonchev–Trinajstić information content (AvgIpc) is 3.69. The van der Waals surface area contributed by atoms with Gasteiger partial charge in [0.05, 0.1) is 11.2 Å². The zero-order valence-corrected chi connectivity index (χ0v) is 25.4. The van der Waals surface area contributed by atoms with Gasteiger partial charge in [-0.15, -0.1) is 11.3 Å². The number of nitrogens with zero attached hydrogens (tertiary/aromatic N) is 2. The van der Waals surface area contributed by atoms with E-state index in [9.17, 15) is 0 Å². The molecule has 3 nitrogen and oxygen atoms in total. The Balaban J connectivity index is 1.11. The minimum atomic E-state index is 0.735. The molecule has 0 aliphatic carbocycles. The molecule has 0 fully saturated rings. The van der Waals surface area contributed by atoms with Gasteiger partial charge in [0, 0.05) is 52.8 Å². The lowest BCUT2D eigenvalue weighted by molar-refractivity contribution is 0.673. The molecule has 10 aromatic rings. The van der Waals surface area contributed by atoms with E-state index in [1.807, 2.05) is 29.5 Å². The van der Waals surface area contributed by atoms with Crippen LogP contribution in [-0.4, -0.2) is 9.97 Å². The summed E-state index contributed by atoms with van der Waals surface area (Å²) in [7, 11) is 0. The second kappa shape index (κ2) is 9.83. The van der Waals surface area contributed by atoms with Crippen molar-refractivity contribution in [1.29, 1.82) is 0 Å². The molecular formula is C42H24N2OS. The van der Waals surface area contributed by atoms with E-state index in [-0.39, 0.29) is 0 Å². The van der Waals surface area contributed by atoms with Crippen molar-refractivity contribution in [1.82, 2.24) is 9.97 Å². The van der Waals surface area contributed by atoms with Crippen molar-refractivity contribution in [3.63, 3.8) is 0 Å². The van der Waals surface area contributed by atoms with Crippen LogP contribution in [0.3, 0.4) is 0 Å². The molecule has 0 atom stereocenters. The van der Waals surface area contributed by atoms with Gasteiger partial charge in [-0.25, -0.2) is 9.97 Å². The van der Waals surface area contributed by atoms with Gasteiger partial charge >= 0.3 is 0 Å². The maximum atomic E-state index is 6.45. The molecule has 0 unspecified atom stereocenters. The summed E-state index contributed by atoms with van der Waals surface area (Å²) in [6.07, 6.45) is 0. The molecule has 0 amide bonds. The van der Waals surface area contributed by atoms with Crippen molar-refractivity contribution in [2.45, 2.75) is 0 Å². The van der Waals surface area contributed by atoms with E-state index in [1.165, 1.54) is 20.2 Å². The Morgan fingerprint density at radius 2 is 1.20 bits per heavy atom. The van der Waals surface area contributed by atoms with Crippen LogP contribution in [-0.2, 0) is 0 Å². The minimum absolute atomic E-state index is 0.735. The number of para-hydroxylation sites is 2. The van der Waals surface area contributed by atoms with Gasteiger partial charge < -0.3 is 4.42 Å². The standard InChI is InChI=1S/C42H24N2OS/c1-4-13-35-34(11-1)40(44-42(43-35)28-21-22-32-31-10-3-6-15-37(31)46-38(32)24-28)27-18-16-25(17-19-27)29-12-7-8-26-20-23-33-30-9-2-5-14-36(30)45-41(33)39(26)29/h1-24H. The number of hydrogen-bond donors (Lipinski definition) is 0. The number of rotatable bonds is 3. The van der Waals surface area contributed by atoms with Crippen LogP contribution in [0.5, 0.6) is 0 Å². The molecule has 4 heteroatoms. The Morgan fingerprint density at radius 1 is 0.478 bits per heavy atom. The quantitative estimate of drug-likeness (QED) is 0.201. The molecule has 0 N–H and O–H groups in total. The molecule has 3 aromatic heterocycles. The molecule has 0 aliphatic heterocycles. The molecular weight excluding hydrogens is 581 g/mol. The lowest BCUT2D eigenvalue weighted by atomic mass is 9.95. The normalized spacial score (nSPS) is 11.9. The fourth-order valence-electron chi connectivity index (χ4n) is 6.89. The summed E-state index contributed by atoms with van der Waals surface area (Å²) in [6, 6.07) is 51.3. The first-order valence-electron chi connectivity index (χ1n) is 15.4. The second-order valence-corrected chi connectivity index (χ2v) is 12.8. The zero-order valence-electron chi connectivity index (χ0n) is 24.6. The topological polar surface area (TPSA) is 38.9 Å². The van der Waals surface area contributed by atoms with E-state index in [0.29, 0.717) is 0 Å². The van der Waals surface area contributed by atoms with E-state index >= 15 is 0 Å². The molecule has 0 saturated carbocycles. The summed E-state index contributed by atoms with van der Waals surface area (Å²) in [6.45, 7) is 0. The maximum absolute atomic E-state index is 6.45. The molecule has 0 aliphatic rings. The number of aromatic nitrogens is 2. The van der Waals surface area contributed by atoms with Crippen LogP contribution in [0.4, 0.5) is 0 Å². The third kappa shape index (κ3) is 3.84. The van der Waals surface area contributed by atoms with Gasteiger partial charge in [0.1, 0.15) is 11.2 Å². The lowest BCUT2D eigenvalue weighted by Crippen LogP contribution is -1.95. The van der Waals surface area contributed by atoms with Gasteiger partial charge in [0.2, 0.25) is 0 Å². The monoisotopic (exact) mass is 604 g/mol. The van der Waals surface area contributed by atoms with Gasteiger partial charge in [0.15, 0.2) is 5.82 Å². The third-order valence-electron chi connectivity index (χ3n) is 9.10. The van der Waals surface area contributed by atoms with Crippen LogP contribution in [0.15, 0.2) is 150 Å². The summed E-state index contributed by atoms with van der Waals surface area (Å²) < 4.78 is 8.99. The Bertz CT molecular complexity index is 2810. The molecule has 7 aromatic carbocycles. The van der Waals surface area contributed by atoms with E-state index in [0.717, 1.165) is 77.4 Å². The van der Waals surface area contributed by atoms with Crippen LogP contribution >= 0.6 is 11.3 Å². The number of benzene rings is 7. The van der Waals surface area contributed by atoms with Crippen molar-refractivity contribution < 1.29 is 4.42 Å². The highest BCUT2D eigenvalue weighted by Gasteiger charge is 2.16. The predicted molar refractivity (Wildman–Crippen MR) is 194 cm³/mol. The van der Waals surface area contributed by atoms with E-state index in [2.05, 4.69) is 127 Å². The van der Waals surface area contributed by atoms with Crippen LogP contribution < -0.4 is 0 Å². The summed E-state index contributed by atoms with van der Waals surface area (Å²) >= 11 is 1.81. The highest BCUT2D eigenvalue weighted by Crippen LogP contribution is 2.40. The number of thiophene rings is 1. The van der Waals surface area contributed by atoms with E-state index in [1.54, 1.807) is 0 Å². The Labute approximate surface area is 268 Å². The predicted octanol–water partition coefficient (Wildman–Crippen LogP) is 12.1. The SMILES string of the molecule is c1cc(-c2ccc(-c3nc(-c4ccc5c(c4)sc4ccccc45)nc4ccccc34)cc2)c2c(c1)ccc1c3ccccc3oc12. The highest BCUT2D eigenvalue weighted by molar-refractivity contribution is 7.25. The Kier molecular flexibility index (Phi) is 5.45. The summed E-state index contributed by atoms with van der Waals surface area (Å²) in [5, 5.41) is 8.18. The minimum Gasteiger partial charge on any atom is -0.455 e. The smallest absolute Gasteiger partial charge is 0.160 e. The molecule has 3 heterocycles. The molecule has 214 valence electrons. The first-order chi connectivity index (χ1) is 22.8. The van der Waals surface area contributed by atoms with Crippen molar-refractivity contribution in [2.75, 3.05) is 0 Å². The first kappa shape index (κ1) is 25.5. The fourth-order valence-corrected chi connectivity index (χ4v) is 8.04. The van der Waals surface area contributed by atoms with Gasteiger partial charge in [-0.3, -0.25) is 0 Å². The molecule has 0 radical (unpaired) electrons. The lowest BCUT2D eigenvalue weighted by Gasteiger charge is -2.11. The fraction of sp³-hybridized carbons (Fsp3) is 0. The van der Waals surface area contributed by atoms with E-state index < -0.39 is 0 Å². The maximum Gasteiger partial charge on any atom is 0.160 e. The number of furan rings is 1. The molecule has 0 bridgehead atoms. The molecule has 0 saturated heterocycles. The Morgan fingerprint density at radius 3 is 2.11 bits per heavy atom. The largest absolute Gasteiger partial charge is 0.455 e. The molecule has 10 rings (SSSR count). The van der Waals surface area contributed by atoms with Crippen LogP contribution in [0.1, 0.15) is 0 Å². The molecule has 46 heavy (non-hydrogen) atoms. The number of fused-ring (bicyclic) bond motifs is 9. The summed E-state index contributed by atoms with van der Waals surface area (Å²) in [4.78, 5) is 10.2. The van der Waals surface area contributed by atoms with Crippen molar-refractivity contribution in [3.8, 4) is 33.8 Å². The highest BCUT2D eigenvalue weighted by atomic mass is 32.1. The molecule has 0 spiro atoms. The van der Waals surface area contributed by atoms with Crippen LogP contribution in [0.25, 0.3) is 97.6 Å². The zero-order chi connectivity index (χ0) is 30.2. The summed E-state index contributed by atoms with van der Waals surface area (Å²) in [5.41, 5.74) is 8.07. The van der Waals surface area contributed by atoms with Crippen LogP contribution in [0, 0.1) is 0 Å². The second-order valence-electron chi connectivity index (χ2n) is 11.7. The van der Waals surface area contributed by atoms with Crippen molar-refractivity contribution >= 4 is 75.1 Å². The third-order valence-corrected chi connectivity index (χ3v) is 10.2. The first-order valence-corrected chi connectivity index (χ1v) is 16.2. The van der Waals surface area contributed by atoms with Crippen molar-refractivity contribution in [3.05, 3.63) is 146 Å². The van der Waals surface area contributed by atoms with Gasteiger partial charge in [0.25, 0.3) is 0 Å². The van der Waals surface area contributed by atoms with Crippen molar-refractivity contribution in [2.24, 2.45) is 0 Å². The average molecular weight is 605 g/mol. The van der Waals surface area contributed by atoms with Gasteiger partial charge in [-0.2, -0.15) is 0 Å². The van der Waals surface area contributed by atoms with Gasteiger partial charge in [-0.05, 0) is 46.8 Å². The van der Waals surface area contributed by atoms with E-state index in [4.69, 9.17) is 14.4 Å². The van der Waals surface area contributed by atoms with Crippen LogP contribution in [0.2, 0.25) is 0 Å². The summed E-state index contributed by atoms with van der Waals surface area (Å²) in [5.74, 6) is 0.735.